The van der Waals surface area contributed by atoms with Crippen LogP contribution in [0.5, 0.6) is 0 Å². The van der Waals surface area contributed by atoms with Gasteiger partial charge in [0.25, 0.3) is 10.1 Å². The Kier molecular flexibility index (Phi) is 6.46. The molecule has 0 heterocycles. The third-order valence-corrected chi connectivity index (χ3v) is 3.95. The molecule has 1 saturated carbocycles. The Balaban J connectivity index is 2.64. The normalized spacial score (nSPS) is 19.0. The van der Waals surface area contributed by atoms with Crippen molar-refractivity contribution >= 4 is 16.2 Å². The van der Waals surface area contributed by atoms with Crippen LogP contribution in [0.15, 0.2) is 0 Å². The summed E-state index contributed by atoms with van der Waals surface area (Å²) in [6.07, 6.45) is 5.78. The zero-order valence-corrected chi connectivity index (χ0v) is 14.2. The van der Waals surface area contributed by atoms with Crippen molar-refractivity contribution in [1.29, 1.82) is 0 Å². The van der Waals surface area contributed by atoms with Crippen LogP contribution < -0.4 is 5.32 Å². The highest BCUT2D eigenvalue weighted by atomic mass is 32.2. The summed E-state index contributed by atoms with van der Waals surface area (Å²) in [7, 11) is -3.52. The summed E-state index contributed by atoms with van der Waals surface area (Å²) < 4.78 is 32.4. The fourth-order valence-electron chi connectivity index (χ4n) is 2.49. The smallest absolute Gasteiger partial charge is 0.407 e. The van der Waals surface area contributed by atoms with Crippen LogP contribution in [0.25, 0.3) is 0 Å². The summed E-state index contributed by atoms with van der Waals surface area (Å²) in [5.74, 6) is 0.230. The van der Waals surface area contributed by atoms with Gasteiger partial charge in [-0.2, -0.15) is 8.42 Å². The van der Waals surface area contributed by atoms with E-state index < -0.39 is 21.8 Å². The van der Waals surface area contributed by atoms with Gasteiger partial charge in [0.2, 0.25) is 0 Å². The number of alkyl carbamates (subject to hydrolysis) is 1. The Labute approximate surface area is 127 Å². The minimum Gasteiger partial charge on any atom is -0.444 e. The van der Waals surface area contributed by atoms with Gasteiger partial charge in [-0.05, 0) is 39.5 Å². The lowest BCUT2D eigenvalue weighted by atomic mass is 9.84. The van der Waals surface area contributed by atoms with E-state index in [1.807, 2.05) is 0 Å². The number of carbonyl (C=O) groups is 1. The molecule has 0 aromatic heterocycles. The summed E-state index contributed by atoms with van der Waals surface area (Å²) in [5.41, 5.74) is -0.584. The van der Waals surface area contributed by atoms with Crippen molar-refractivity contribution in [2.75, 3.05) is 12.9 Å². The van der Waals surface area contributed by atoms with Gasteiger partial charge >= 0.3 is 6.09 Å². The second-order valence-electron chi connectivity index (χ2n) is 6.64. The molecule has 0 aromatic carbocycles. The first-order valence-corrected chi connectivity index (χ1v) is 9.22. The van der Waals surface area contributed by atoms with Crippen LogP contribution in [-0.2, 0) is 19.0 Å². The molecule has 21 heavy (non-hydrogen) atoms. The van der Waals surface area contributed by atoms with E-state index in [1.54, 1.807) is 20.8 Å². The van der Waals surface area contributed by atoms with Crippen LogP contribution in [0, 0.1) is 5.92 Å². The molecule has 0 saturated heterocycles. The van der Waals surface area contributed by atoms with Crippen LogP contribution in [0.1, 0.15) is 52.9 Å². The Morgan fingerprint density at radius 2 is 1.81 bits per heavy atom. The van der Waals surface area contributed by atoms with Crippen LogP contribution in [0.2, 0.25) is 0 Å². The SMILES string of the molecule is CC(C)(C)OC(=O)NC(COS(C)(=O)=O)C1CCCCC1. The van der Waals surface area contributed by atoms with E-state index in [0.29, 0.717) is 0 Å². The summed E-state index contributed by atoms with van der Waals surface area (Å²) >= 11 is 0. The predicted octanol–water partition coefficient (Wildman–Crippen LogP) is 2.44. The van der Waals surface area contributed by atoms with Crippen molar-refractivity contribution in [2.24, 2.45) is 5.92 Å². The first kappa shape index (κ1) is 18.2. The minimum atomic E-state index is -3.52. The van der Waals surface area contributed by atoms with Gasteiger partial charge in [-0.3, -0.25) is 4.18 Å². The van der Waals surface area contributed by atoms with E-state index in [-0.39, 0.29) is 18.6 Å². The fourth-order valence-corrected chi connectivity index (χ4v) is 2.88. The maximum absolute atomic E-state index is 11.9. The highest BCUT2D eigenvalue weighted by Crippen LogP contribution is 2.27. The van der Waals surface area contributed by atoms with E-state index in [1.165, 1.54) is 6.42 Å². The van der Waals surface area contributed by atoms with Gasteiger partial charge in [0.15, 0.2) is 0 Å². The molecule has 124 valence electrons. The second-order valence-corrected chi connectivity index (χ2v) is 8.28. The zero-order valence-electron chi connectivity index (χ0n) is 13.3. The van der Waals surface area contributed by atoms with E-state index in [0.717, 1.165) is 31.9 Å². The number of hydrogen-bond acceptors (Lipinski definition) is 5. The van der Waals surface area contributed by atoms with E-state index in [4.69, 9.17) is 8.92 Å². The second kappa shape index (κ2) is 7.45. The predicted molar refractivity (Wildman–Crippen MR) is 80.5 cm³/mol. The van der Waals surface area contributed by atoms with Gasteiger partial charge in [-0.25, -0.2) is 4.79 Å². The van der Waals surface area contributed by atoms with Crippen LogP contribution in [0.3, 0.4) is 0 Å². The maximum atomic E-state index is 11.9. The Hall–Kier alpha value is -0.820. The van der Waals surface area contributed by atoms with Crippen LogP contribution in [-0.4, -0.2) is 39.0 Å². The lowest BCUT2D eigenvalue weighted by Crippen LogP contribution is -2.46. The number of rotatable bonds is 5. The number of amides is 1. The Bertz CT molecular complexity index is 435. The standard InChI is InChI=1S/C14H27NO5S/c1-14(2,3)20-13(16)15-12(10-19-21(4,17)18)11-8-6-5-7-9-11/h11-12H,5-10H2,1-4H3,(H,15,16). The largest absolute Gasteiger partial charge is 0.444 e. The van der Waals surface area contributed by atoms with Crippen molar-refractivity contribution in [1.82, 2.24) is 5.32 Å². The van der Waals surface area contributed by atoms with Crippen LogP contribution >= 0.6 is 0 Å². The molecule has 1 aliphatic carbocycles. The molecule has 1 amide bonds. The molecular formula is C14H27NO5S. The molecule has 0 radical (unpaired) electrons. The minimum absolute atomic E-state index is 0.0389. The van der Waals surface area contributed by atoms with Gasteiger partial charge in [0.1, 0.15) is 5.60 Å². The third-order valence-electron chi connectivity index (χ3n) is 3.38. The molecule has 7 heteroatoms. The number of carbonyl (C=O) groups excluding carboxylic acids is 1. The van der Waals surface area contributed by atoms with Crippen molar-refractivity contribution in [3.63, 3.8) is 0 Å². The van der Waals surface area contributed by atoms with Crippen molar-refractivity contribution in [2.45, 2.75) is 64.5 Å². The molecule has 1 aliphatic rings. The maximum Gasteiger partial charge on any atom is 0.407 e. The molecule has 1 fully saturated rings. The van der Waals surface area contributed by atoms with Crippen LogP contribution in [0.4, 0.5) is 4.79 Å². The lowest BCUT2D eigenvalue weighted by Gasteiger charge is -2.31. The molecule has 1 N–H and O–H groups in total. The molecule has 0 bridgehead atoms. The molecule has 1 rings (SSSR count). The number of hydrogen-bond donors (Lipinski definition) is 1. The number of nitrogens with one attached hydrogen (secondary N) is 1. The van der Waals surface area contributed by atoms with Gasteiger partial charge in [-0.1, -0.05) is 19.3 Å². The quantitative estimate of drug-likeness (QED) is 0.787. The van der Waals surface area contributed by atoms with E-state index >= 15 is 0 Å². The van der Waals surface area contributed by atoms with Crippen molar-refractivity contribution < 1.29 is 22.1 Å². The fraction of sp³-hybridized carbons (Fsp3) is 0.929. The van der Waals surface area contributed by atoms with Gasteiger partial charge in [-0.15, -0.1) is 0 Å². The van der Waals surface area contributed by atoms with Gasteiger partial charge < -0.3 is 10.1 Å². The highest BCUT2D eigenvalue weighted by molar-refractivity contribution is 7.85. The van der Waals surface area contributed by atoms with Crippen molar-refractivity contribution in [3.05, 3.63) is 0 Å². The zero-order chi connectivity index (χ0) is 16.1. The summed E-state index contributed by atoms with van der Waals surface area (Å²) in [6, 6.07) is -0.338. The van der Waals surface area contributed by atoms with Gasteiger partial charge in [0, 0.05) is 0 Å². The molecule has 6 nitrogen and oxygen atoms in total. The van der Waals surface area contributed by atoms with E-state index in [9.17, 15) is 13.2 Å². The molecule has 0 aromatic rings. The average Bonchev–Trinajstić information content (AvgIpc) is 2.32. The number of ether oxygens (including phenoxy) is 1. The summed E-state index contributed by atoms with van der Waals surface area (Å²) in [6.45, 7) is 5.32. The topological polar surface area (TPSA) is 81.7 Å². The third kappa shape index (κ3) is 8.26. The molecule has 1 atom stereocenters. The molecular weight excluding hydrogens is 294 g/mol. The van der Waals surface area contributed by atoms with Crippen molar-refractivity contribution in [3.8, 4) is 0 Å². The average molecular weight is 321 g/mol. The molecule has 1 unspecified atom stereocenters. The molecule has 0 spiro atoms. The summed E-state index contributed by atoms with van der Waals surface area (Å²) in [5, 5.41) is 2.77. The lowest BCUT2D eigenvalue weighted by molar-refractivity contribution is 0.0450. The highest BCUT2D eigenvalue weighted by Gasteiger charge is 2.28. The monoisotopic (exact) mass is 321 g/mol. The first-order valence-electron chi connectivity index (χ1n) is 7.41. The summed E-state index contributed by atoms with van der Waals surface area (Å²) in [4.78, 5) is 11.9. The Morgan fingerprint density at radius 3 is 2.29 bits per heavy atom. The molecule has 0 aliphatic heterocycles. The van der Waals surface area contributed by atoms with E-state index in [2.05, 4.69) is 5.32 Å². The first-order chi connectivity index (χ1) is 9.57. The Morgan fingerprint density at radius 1 is 1.24 bits per heavy atom. The van der Waals surface area contributed by atoms with Gasteiger partial charge in [0.05, 0.1) is 18.9 Å².